The Labute approximate surface area is 102 Å². The van der Waals surface area contributed by atoms with Crippen molar-refractivity contribution in [1.82, 2.24) is 10.2 Å². The number of alkyl halides is 3. The first kappa shape index (κ1) is 14.8. The van der Waals surface area contributed by atoms with Gasteiger partial charge >= 0.3 is 6.18 Å². The molecule has 0 radical (unpaired) electrons. The molecular formula is C12H23F3N2. The molecule has 0 heterocycles. The normalized spacial score (nSPS) is 26.5. The van der Waals surface area contributed by atoms with E-state index in [1.54, 1.807) is 0 Å². The van der Waals surface area contributed by atoms with E-state index in [-0.39, 0.29) is 0 Å². The van der Waals surface area contributed by atoms with Crippen molar-refractivity contribution in [3.05, 3.63) is 0 Å². The summed E-state index contributed by atoms with van der Waals surface area (Å²) in [6.07, 6.45) is 0.739. The molecule has 1 aliphatic carbocycles. The van der Waals surface area contributed by atoms with Gasteiger partial charge in [0.05, 0.1) is 6.54 Å². The zero-order chi connectivity index (χ0) is 12.9. The van der Waals surface area contributed by atoms with Crippen LogP contribution in [0.3, 0.4) is 0 Å². The van der Waals surface area contributed by atoms with E-state index in [1.807, 2.05) is 7.05 Å². The molecule has 0 aliphatic heterocycles. The first-order chi connectivity index (χ1) is 7.88. The Hall–Kier alpha value is -0.290. The van der Waals surface area contributed by atoms with Crippen LogP contribution in [0.5, 0.6) is 0 Å². The molecule has 5 heteroatoms. The topological polar surface area (TPSA) is 15.3 Å². The average Bonchev–Trinajstić information content (AvgIpc) is 2.24. The second-order valence-electron chi connectivity index (χ2n) is 5.19. The summed E-state index contributed by atoms with van der Waals surface area (Å²) in [5, 5.41) is 2.44. The summed E-state index contributed by atoms with van der Waals surface area (Å²) in [5.41, 5.74) is 0. The predicted octanol–water partition coefficient (Wildman–Crippen LogP) is 2.65. The van der Waals surface area contributed by atoms with Crippen LogP contribution in [-0.2, 0) is 0 Å². The van der Waals surface area contributed by atoms with Gasteiger partial charge in [0, 0.05) is 19.1 Å². The number of hydrogen-bond acceptors (Lipinski definition) is 2. The molecule has 1 N–H and O–H groups in total. The van der Waals surface area contributed by atoms with Gasteiger partial charge in [0.2, 0.25) is 0 Å². The number of nitrogens with zero attached hydrogens (tertiary/aromatic N) is 1. The van der Waals surface area contributed by atoms with Gasteiger partial charge < -0.3 is 10.2 Å². The van der Waals surface area contributed by atoms with Crippen molar-refractivity contribution in [3.8, 4) is 0 Å². The van der Waals surface area contributed by atoms with Crippen molar-refractivity contribution < 1.29 is 13.2 Å². The highest BCUT2D eigenvalue weighted by Crippen LogP contribution is 2.26. The van der Waals surface area contributed by atoms with Gasteiger partial charge in [-0.15, -0.1) is 0 Å². The standard InChI is InChI=1S/C12H23F3N2/c1-10-3-5-11(6-4-10)17(2)8-7-16-9-12(13,14)15/h10-11,16H,3-9H2,1-2H3. The van der Waals surface area contributed by atoms with E-state index in [4.69, 9.17) is 0 Å². The van der Waals surface area contributed by atoms with Crippen molar-refractivity contribution in [2.45, 2.75) is 44.8 Å². The molecule has 1 aliphatic rings. The number of rotatable bonds is 5. The van der Waals surface area contributed by atoms with Gasteiger partial charge in [0.25, 0.3) is 0 Å². The van der Waals surface area contributed by atoms with Crippen LogP contribution in [-0.4, -0.2) is 43.8 Å². The molecule has 0 aromatic heterocycles. The lowest BCUT2D eigenvalue weighted by Crippen LogP contribution is -2.40. The van der Waals surface area contributed by atoms with E-state index in [1.165, 1.54) is 25.7 Å². The minimum atomic E-state index is -4.10. The molecule has 0 bridgehead atoms. The van der Waals surface area contributed by atoms with Crippen molar-refractivity contribution >= 4 is 0 Å². The van der Waals surface area contributed by atoms with E-state index < -0.39 is 12.7 Å². The van der Waals surface area contributed by atoms with E-state index in [0.717, 1.165) is 5.92 Å². The molecule has 0 saturated heterocycles. The molecule has 0 aromatic rings. The Morgan fingerprint density at radius 1 is 1.18 bits per heavy atom. The highest BCUT2D eigenvalue weighted by molar-refractivity contribution is 4.76. The quantitative estimate of drug-likeness (QED) is 0.757. The first-order valence-corrected chi connectivity index (χ1v) is 6.36. The van der Waals surface area contributed by atoms with Crippen LogP contribution >= 0.6 is 0 Å². The van der Waals surface area contributed by atoms with Gasteiger partial charge in [-0.1, -0.05) is 6.92 Å². The van der Waals surface area contributed by atoms with Gasteiger partial charge in [0.1, 0.15) is 0 Å². The lowest BCUT2D eigenvalue weighted by Gasteiger charge is -2.33. The fraction of sp³-hybridized carbons (Fsp3) is 1.00. The molecule has 0 spiro atoms. The summed E-state index contributed by atoms with van der Waals surface area (Å²) in [7, 11) is 2.01. The predicted molar refractivity (Wildman–Crippen MR) is 63.0 cm³/mol. The summed E-state index contributed by atoms with van der Waals surface area (Å²) in [6, 6.07) is 0.555. The Kier molecular flexibility index (Phi) is 5.73. The Bertz CT molecular complexity index is 210. The van der Waals surface area contributed by atoms with Gasteiger partial charge in [-0.3, -0.25) is 0 Å². The Morgan fingerprint density at radius 3 is 2.29 bits per heavy atom. The maximum Gasteiger partial charge on any atom is 0.401 e. The number of hydrogen-bond donors (Lipinski definition) is 1. The monoisotopic (exact) mass is 252 g/mol. The molecule has 0 atom stereocenters. The summed E-state index contributed by atoms with van der Waals surface area (Å²) in [4.78, 5) is 2.19. The van der Waals surface area contributed by atoms with Crippen molar-refractivity contribution in [1.29, 1.82) is 0 Å². The fourth-order valence-electron chi connectivity index (χ4n) is 2.35. The van der Waals surface area contributed by atoms with Crippen molar-refractivity contribution in [2.24, 2.45) is 5.92 Å². The van der Waals surface area contributed by atoms with Crippen LogP contribution in [0.4, 0.5) is 13.2 Å². The third kappa shape index (κ3) is 6.27. The molecule has 0 amide bonds. The maximum atomic E-state index is 11.9. The minimum Gasteiger partial charge on any atom is -0.307 e. The van der Waals surface area contributed by atoms with Gasteiger partial charge in [-0.2, -0.15) is 13.2 Å². The number of nitrogens with one attached hydrogen (secondary N) is 1. The van der Waals surface area contributed by atoms with Gasteiger partial charge in [-0.05, 0) is 38.6 Å². The second kappa shape index (κ2) is 6.59. The number of likely N-dealkylation sites (N-methyl/N-ethyl adjacent to an activating group) is 1. The lowest BCUT2D eigenvalue weighted by atomic mass is 9.87. The lowest BCUT2D eigenvalue weighted by molar-refractivity contribution is -0.124. The van der Waals surface area contributed by atoms with Crippen LogP contribution in [0, 0.1) is 5.92 Å². The maximum absolute atomic E-state index is 11.9. The zero-order valence-corrected chi connectivity index (χ0v) is 10.7. The van der Waals surface area contributed by atoms with E-state index in [9.17, 15) is 13.2 Å². The summed E-state index contributed by atoms with van der Waals surface area (Å²) in [5.74, 6) is 0.808. The molecule has 1 rings (SSSR count). The molecule has 102 valence electrons. The van der Waals surface area contributed by atoms with Crippen LogP contribution in [0.25, 0.3) is 0 Å². The Morgan fingerprint density at radius 2 is 1.76 bits per heavy atom. The van der Waals surface area contributed by atoms with Crippen LogP contribution in [0.1, 0.15) is 32.6 Å². The summed E-state index contributed by atoms with van der Waals surface area (Å²) in [6.45, 7) is 2.47. The zero-order valence-electron chi connectivity index (χ0n) is 10.7. The molecular weight excluding hydrogens is 229 g/mol. The van der Waals surface area contributed by atoms with Gasteiger partial charge in [0.15, 0.2) is 0 Å². The van der Waals surface area contributed by atoms with E-state index >= 15 is 0 Å². The molecule has 1 fully saturated rings. The fourth-order valence-corrected chi connectivity index (χ4v) is 2.35. The van der Waals surface area contributed by atoms with Crippen LogP contribution < -0.4 is 5.32 Å². The Balaban J connectivity index is 2.10. The first-order valence-electron chi connectivity index (χ1n) is 6.36. The van der Waals surface area contributed by atoms with E-state index in [2.05, 4.69) is 17.1 Å². The molecule has 0 unspecified atom stereocenters. The molecule has 1 saturated carbocycles. The SMILES string of the molecule is CC1CCC(N(C)CCNCC(F)(F)F)CC1. The molecule has 2 nitrogen and oxygen atoms in total. The second-order valence-corrected chi connectivity index (χ2v) is 5.19. The third-order valence-electron chi connectivity index (χ3n) is 3.58. The van der Waals surface area contributed by atoms with Crippen molar-refractivity contribution in [3.63, 3.8) is 0 Å². The van der Waals surface area contributed by atoms with Crippen LogP contribution in [0.15, 0.2) is 0 Å². The molecule has 0 aromatic carbocycles. The summed E-state index contributed by atoms with van der Waals surface area (Å²) >= 11 is 0. The average molecular weight is 252 g/mol. The van der Waals surface area contributed by atoms with E-state index in [0.29, 0.717) is 19.1 Å². The molecule has 17 heavy (non-hydrogen) atoms. The highest BCUT2D eigenvalue weighted by Gasteiger charge is 2.26. The largest absolute Gasteiger partial charge is 0.401 e. The van der Waals surface area contributed by atoms with Crippen LogP contribution in [0.2, 0.25) is 0 Å². The smallest absolute Gasteiger partial charge is 0.307 e. The minimum absolute atomic E-state index is 0.405. The number of halogens is 3. The third-order valence-corrected chi connectivity index (χ3v) is 3.58. The van der Waals surface area contributed by atoms with Gasteiger partial charge in [-0.25, -0.2) is 0 Å². The highest BCUT2D eigenvalue weighted by atomic mass is 19.4. The van der Waals surface area contributed by atoms with Crippen molar-refractivity contribution in [2.75, 3.05) is 26.7 Å². The summed E-state index contributed by atoms with van der Waals surface area (Å²) < 4.78 is 35.7.